The number of unbranched alkanes of at least 4 members (excludes halogenated alkanes) is 3. The van der Waals surface area contributed by atoms with E-state index >= 15 is 0 Å². The molecule has 60 heavy (non-hydrogen) atoms. The number of nitrogens with two attached hydrogens (primary N) is 2. The molecule has 0 amide bonds. The summed E-state index contributed by atoms with van der Waals surface area (Å²) in [5, 5.41) is 22.5. The molecule has 0 saturated heterocycles. The molecular formula is C45H54N2O11S2. The minimum Gasteiger partial charge on any atom is -0.507 e. The molecule has 0 spiro atoms. The summed E-state index contributed by atoms with van der Waals surface area (Å²) >= 11 is 0. The minimum absolute atomic E-state index is 0.00530. The number of phenolic OH excluding ortho intramolecular Hbond substituents is 1. The van der Waals surface area contributed by atoms with Gasteiger partial charge in [-0.15, -0.1) is 0 Å². The van der Waals surface area contributed by atoms with Crippen molar-refractivity contribution in [1.82, 2.24) is 0 Å². The highest BCUT2D eigenvalue weighted by atomic mass is 32.2. The van der Waals surface area contributed by atoms with Crippen LogP contribution in [0.25, 0.3) is 21.9 Å². The van der Waals surface area contributed by atoms with Crippen molar-refractivity contribution >= 4 is 42.0 Å². The second-order valence-electron chi connectivity index (χ2n) is 15.0. The van der Waals surface area contributed by atoms with E-state index < -0.39 is 25.5 Å². The lowest BCUT2D eigenvalue weighted by molar-refractivity contribution is 0.258. The first-order valence-electron chi connectivity index (χ1n) is 19.7. The maximum atomic E-state index is 14.5. The number of sulfonamides is 2. The van der Waals surface area contributed by atoms with Crippen molar-refractivity contribution in [2.75, 3.05) is 26.9 Å². The molecule has 0 fully saturated rings. The van der Waals surface area contributed by atoms with Gasteiger partial charge in [-0.2, -0.15) is 0 Å². The van der Waals surface area contributed by atoms with Crippen molar-refractivity contribution in [3.63, 3.8) is 0 Å². The Bertz CT molecular complexity index is 2640. The first-order valence-corrected chi connectivity index (χ1v) is 22.8. The largest absolute Gasteiger partial charge is 0.507 e. The topological polar surface area (TPSA) is 208 Å². The lowest BCUT2D eigenvalue weighted by atomic mass is 9.98. The van der Waals surface area contributed by atoms with Gasteiger partial charge in [0.15, 0.2) is 11.5 Å². The number of rotatable bonds is 21. The van der Waals surface area contributed by atoms with Gasteiger partial charge in [0, 0.05) is 23.3 Å². The molecule has 0 aliphatic carbocycles. The van der Waals surface area contributed by atoms with Gasteiger partial charge in [0.05, 0.1) is 42.1 Å². The van der Waals surface area contributed by atoms with Crippen molar-refractivity contribution in [1.29, 1.82) is 0 Å². The van der Waals surface area contributed by atoms with E-state index in [0.29, 0.717) is 86.0 Å². The van der Waals surface area contributed by atoms with Crippen molar-refractivity contribution in [3.05, 3.63) is 111 Å². The first-order chi connectivity index (χ1) is 28.5. The molecule has 4 aromatic carbocycles. The Hall–Kier alpha value is -5.35. The summed E-state index contributed by atoms with van der Waals surface area (Å²) < 4.78 is 76.8. The number of benzene rings is 4. The van der Waals surface area contributed by atoms with Crippen LogP contribution in [0.15, 0.2) is 103 Å². The zero-order chi connectivity index (χ0) is 43.6. The van der Waals surface area contributed by atoms with Crippen LogP contribution in [0.1, 0.15) is 76.5 Å². The fourth-order valence-corrected chi connectivity index (χ4v) is 7.64. The zero-order valence-corrected chi connectivity index (χ0v) is 36.3. The third-order valence-corrected chi connectivity index (χ3v) is 11.6. The standard InChI is InChI=1S/C45H54N2O11S2/c1-29(2)12-22-35-37(56-25-8-6-7-11-31-14-18-33(19-15-31)59(46,50)51)27-39-42(43(35)48)44(49)41-36(23-13-30(3)4)45(54-5)40(28-38(41)58-39)57-26-10-9-24-55-32-16-20-34(21-17-32)60(47,52)53/h12-21,27-28,48H,6-11,22-26H2,1-5H3,(H2,46,50,51)(H2,47,52,53). The van der Waals surface area contributed by atoms with Crippen LogP contribution in [-0.4, -0.2) is 48.9 Å². The van der Waals surface area contributed by atoms with Crippen molar-refractivity contribution < 1.29 is 45.3 Å². The predicted octanol–water partition coefficient (Wildman–Crippen LogP) is 8.00. The molecule has 0 aliphatic heterocycles. The van der Waals surface area contributed by atoms with Gasteiger partial charge in [-0.3, -0.25) is 4.79 Å². The predicted molar refractivity (Wildman–Crippen MR) is 233 cm³/mol. The maximum absolute atomic E-state index is 14.5. The molecule has 15 heteroatoms. The van der Waals surface area contributed by atoms with Crippen LogP contribution in [0.5, 0.6) is 28.7 Å². The number of aryl methyl sites for hydroxylation is 1. The van der Waals surface area contributed by atoms with Crippen LogP contribution in [0, 0.1) is 0 Å². The smallest absolute Gasteiger partial charge is 0.238 e. The molecule has 0 bridgehead atoms. The Morgan fingerprint density at radius 2 is 1.17 bits per heavy atom. The first kappa shape index (κ1) is 45.7. The highest BCUT2D eigenvalue weighted by Gasteiger charge is 2.24. The molecule has 5 aromatic rings. The minimum atomic E-state index is -3.79. The number of ether oxygens (including phenoxy) is 4. The van der Waals surface area contributed by atoms with E-state index in [1.54, 1.807) is 36.4 Å². The molecule has 0 radical (unpaired) electrons. The Labute approximate surface area is 351 Å². The van der Waals surface area contributed by atoms with E-state index in [0.717, 1.165) is 36.0 Å². The second kappa shape index (κ2) is 20.3. The van der Waals surface area contributed by atoms with Gasteiger partial charge in [-0.05, 0) is 121 Å². The van der Waals surface area contributed by atoms with Crippen LogP contribution >= 0.6 is 0 Å². The summed E-state index contributed by atoms with van der Waals surface area (Å²) in [6.45, 7) is 8.85. The van der Waals surface area contributed by atoms with Gasteiger partial charge >= 0.3 is 0 Å². The molecule has 322 valence electrons. The van der Waals surface area contributed by atoms with Crippen LogP contribution in [0.2, 0.25) is 0 Å². The maximum Gasteiger partial charge on any atom is 0.238 e. The van der Waals surface area contributed by atoms with Gasteiger partial charge < -0.3 is 28.5 Å². The normalized spacial score (nSPS) is 11.7. The fraction of sp³-hybridized carbons (Fsp3) is 0.356. The highest BCUT2D eigenvalue weighted by molar-refractivity contribution is 7.89. The van der Waals surface area contributed by atoms with E-state index in [-0.39, 0.29) is 37.5 Å². The zero-order valence-electron chi connectivity index (χ0n) is 34.7. The molecule has 0 unspecified atom stereocenters. The molecular weight excluding hydrogens is 809 g/mol. The Kier molecular flexibility index (Phi) is 15.5. The van der Waals surface area contributed by atoms with Crippen LogP contribution < -0.4 is 34.7 Å². The highest BCUT2D eigenvalue weighted by Crippen LogP contribution is 2.42. The van der Waals surface area contributed by atoms with E-state index in [1.807, 2.05) is 39.8 Å². The fourth-order valence-electron chi connectivity index (χ4n) is 6.61. The van der Waals surface area contributed by atoms with Crippen molar-refractivity contribution in [2.24, 2.45) is 10.3 Å². The number of hydrogen-bond donors (Lipinski definition) is 3. The summed E-state index contributed by atoms with van der Waals surface area (Å²) in [7, 11) is -6.02. The van der Waals surface area contributed by atoms with Crippen molar-refractivity contribution in [3.8, 4) is 28.7 Å². The van der Waals surface area contributed by atoms with Crippen LogP contribution in [-0.2, 0) is 39.3 Å². The summed E-state index contributed by atoms with van der Waals surface area (Å²) in [6.07, 6.45) is 9.03. The number of primary sulfonamides is 2. The number of methoxy groups -OCH3 is 1. The summed E-state index contributed by atoms with van der Waals surface area (Å²) in [6, 6.07) is 15.7. The van der Waals surface area contributed by atoms with E-state index in [4.69, 9.17) is 33.6 Å². The molecule has 5 rings (SSSR count). The van der Waals surface area contributed by atoms with E-state index in [9.17, 15) is 26.7 Å². The Balaban J connectivity index is 1.37. The summed E-state index contributed by atoms with van der Waals surface area (Å²) in [5.74, 6) is 1.51. The van der Waals surface area contributed by atoms with E-state index in [2.05, 4.69) is 0 Å². The molecule has 0 atom stereocenters. The molecule has 0 saturated carbocycles. The van der Waals surface area contributed by atoms with Crippen LogP contribution in [0.3, 0.4) is 0 Å². The molecule has 1 aromatic heterocycles. The number of phenols is 1. The van der Waals surface area contributed by atoms with Crippen LogP contribution in [0.4, 0.5) is 0 Å². The lowest BCUT2D eigenvalue weighted by Crippen LogP contribution is -2.11. The quantitative estimate of drug-likeness (QED) is 0.0366. The van der Waals surface area contributed by atoms with Crippen molar-refractivity contribution in [2.45, 2.75) is 88.9 Å². The average molecular weight is 863 g/mol. The lowest BCUT2D eigenvalue weighted by Gasteiger charge is -2.18. The number of aromatic hydroxyl groups is 1. The Morgan fingerprint density at radius 3 is 1.73 bits per heavy atom. The van der Waals surface area contributed by atoms with Gasteiger partial charge in [0.1, 0.15) is 33.8 Å². The van der Waals surface area contributed by atoms with Gasteiger partial charge in [0.2, 0.25) is 25.5 Å². The van der Waals surface area contributed by atoms with Gasteiger partial charge in [-0.25, -0.2) is 27.1 Å². The number of allylic oxidation sites excluding steroid dienone is 4. The summed E-state index contributed by atoms with van der Waals surface area (Å²) in [5.41, 5.74) is 4.16. The molecule has 13 nitrogen and oxygen atoms in total. The average Bonchev–Trinajstić information content (AvgIpc) is 3.18. The number of fused-ring (bicyclic) bond motifs is 2. The summed E-state index contributed by atoms with van der Waals surface area (Å²) in [4.78, 5) is 14.6. The van der Waals surface area contributed by atoms with Gasteiger partial charge in [-0.1, -0.05) is 35.4 Å². The number of hydrogen-bond acceptors (Lipinski definition) is 11. The Morgan fingerprint density at radius 1 is 0.667 bits per heavy atom. The monoisotopic (exact) mass is 862 g/mol. The van der Waals surface area contributed by atoms with E-state index in [1.165, 1.54) is 31.4 Å². The molecule has 0 aliphatic rings. The molecule has 1 heterocycles. The van der Waals surface area contributed by atoms with Gasteiger partial charge in [0.25, 0.3) is 0 Å². The second-order valence-corrected chi connectivity index (χ2v) is 18.1. The molecule has 5 N–H and O–H groups in total. The third kappa shape index (κ3) is 11.9. The third-order valence-electron chi connectivity index (χ3n) is 9.78. The SMILES string of the molecule is COc1c(OCCCCOc2ccc(S(N)(=O)=O)cc2)cc2oc3cc(OCCCCCc4ccc(S(N)(=O)=O)cc4)c(CC=C(C)C)c(O)c3c(=O)c2c1CC=C(C)C.